The molecule has 0 radical (unpaired) electrons. The third kappa shape index (κ3) is 2.87. The van der Waals surface area contributed by atoms with Crippen LogP contribution in [0.1, 0.15) is 42.5 Å². The average Bonchev–Trinajstić information content (AvgIpc) is 3.05. The Morgan fingerprint density at radius 3 is 2.78 bits per heavy atom. The molecule has 1 saturated heterocycles. The average molecular weight is 497 g/mol. The molecule has 0 amide bonds. The summed E-state index contributed by atoms with van der Waals surface area (Å²) in [5.41, 5.74) is 4.53. The Morgan fingerprint density at radius 2 is 1.96 bits per heavy atom. The quantitative estimate of drug-likeness (QED) is 0.589. The Morgan fingerprint density at radius 1 is 1.19 bits per heavy atom. The number of rotatable bonds is 1. The SMILES string of the molecule is O=c1[nH]c(N2CCC3(CC2)CNc2c(I)ccc(Cl)c23)nc2c1CCCC2. The molecule has 7 heteroatoms. The number of aromatic amines is 1. The van der Waals surface area contributed by atoms with Crippen LogP contribution >= 0.6 is 34.2 Å². The highest BCUT2D eigenvalue weighted by molar-refractivity contribution is 14.1. The Kier molecular flexibility index (Phi) is 4.39. The molecule has 142 valence electrons. The van der Waals surface area contributed by atoms with Gasteiger partial charge >= 0.3 is 0 Å². The third-order valence-corrected chi connectivity index (χ3v) is 7.65. The van der Waals surface area contributed by atoms with E-state index in [1.165, 1.54) is 14.8 Å². The van der Waals surface area contributed by atoms with E-state index in [2.05, 4.69) is 43.9 Å². The van der Waals surface area contributed by atoms with E-state index in [1.54, 1.807) is 0 Å². The van der Waals surface area contributed by atoms with Gasteiger partial charge < -0.3 is 10.2 Å². The van der Waals surface area contributed by atoms with Gasteiger partial charge in [0.15, 0.2) is 0 Å². The minimum atomic E-state index is 0.0560. The molecule has 1 aliphatic carbocycles. The van der Waals surface area contributed by atoms with E-state index in [9.17, 15) is 4.79 Å². The zero-order valence-corrected chi connectivity index (χ0v) is 18.0. The smallest absolute Gasteiger partial charge is 0.255 e. The van der Waals surface area contributed by atoms with Crippen molar-refractivity contribution in [1.82, 2.24) is 9.97 Å². The lowest BCUT2D eigenvalue weighted by atomic mass is 9.74. The molecule has 1 spiro atoms. The number of H-pyrrole nitrogens is 1. The molecular weight excluding hydrogens is 475 g/mol. The number of hydrogen-bond donors (Lipinski definition) is 2. The molecule has 0 unspecified atom stereocenters. The predicted octanol–water partition coefficient (Wildman–Crippen LogP) is 3.87. The first-order chi connectivity index (χ1) is 13.1. The number of nitrogens with zero attached hydrogens (tertiary/aromatic N) is 2. The van der Waals surface area contributed by atoms with Crippen LogP contribution in [0.5, 0.6) is 0 Å². The number of nitrogens with one attached hydrogen (secondary N) is 2. The van der Waals surface area contributed by atoms with Crippen molar-refractivity contribution in [3.05, 3.63) is 47.9 Å². The standard InChI is InChI=1S/C20H22ClIN4O/c21-13-5-6-14(22)17-16(13)20(11-23-17)7-9-26(10-8-20)19-24-15-4-2-1-3-12(15)18(27)25-19/h5-6,23H,1-4,7-11H2,(H,24,25,27). The van der Waals surface area contributed by atoms with Crippen LogP contribution in [0.3, 0.4) is 0 Å². The monoisotopic (exact) mass is 496 g/mol. The molecule has 3 aliphatic rings. The second-order valence-corrected chi connectivity index (χ2v) is 9.49. The van der Waals surface area contributed by atoms with E-state index in [0.29, 0.717) is 0 Å². The van der Waals surface area contributed by atoms with Gasteiger partial charge in [-0.3, -0.25) is 9.78 Å². The number of aryl methyl sites for hydroxylation is 1. The minimum absolute atomic E-state index is 0.0560. The lowest BCUT2D eigenvalue weighted by molar-refractivity contribution is 0.359. The normalized spacial score (nSPS) is 20.3. The number of aromatic nitrogens is 2. The fourth-order valence-corrected chi connectivity index (χ4v) is 5.90. The number of halogens is 2. The van der Waals surface area contributed by atoms with Gasteiger partial charge in [-0.1, -0.05) is 11.6 Å². The Hall–Kier alpha value is -1.28. The molecule has 2 aromatic rings. The molecule has 2 aliphatic heterocycles. The van der Waals surface area contributed by atoms with Crippen molar-refractivity contribution in [1.29, 1.82) is 0 Å². The number of fused-ring (bicyclic) bond motifs is 3. The zero-order chi connectivity index (χ0) is 18.6. The highest BCUT2D eigenvalue weighted by Gasteiger charge is 2.44. The van der Waals surface area contributed by atoms with Crippen LogP contribution in [-0.4, -0.2) is 29.6 Å². The van der Waals surface area contributed by atoms with Crippen LogP contribution in [0.2, 0.25) is 5.02 Å². The van der Waals surface area contributed by atoms with E-state index in [4.69, 9.17) is 16.6 Å². The molecule has 1 aromatic carbocycles. The molecule has 0 bridgehead atoms. The van der Waals surface area contributed by atoms with Crippen molar-refractivity contribution in [3.8, 4) is 0 Å². The second kappa shape index (κ2) is 6.65. The Balaban J connectivity index is 1.42. The summed E-state index contributed by atoms with van der Waals surface area (Å²) >= 11 is 8.98. The Bertz CT molecular complexity index is 965. The number of piperidine rings is 1. The molecule has 1 fully saturated rings. The van der Waals surface area contributed by atoms with Gasteiger partial charge in [0.05, 0.1) is 11.4 Å². The van der Waals surface area contributed by atoms with E-state index in [1.807, 2.05) is 6.07 Å². The summed E-state index contributed by atoms with van der Waals surface area (Å²) < 4.78 is 1.23. The molecule has 5 rings (SSSR count). The maximum Gasteiger partial charge on any atom is 0.255 e. The summed E-state index contributed by atoms with van der Waals surface area (Å²) in [5.74, 6) is 0.746. The lowest BCUT2D eigenvalue weighted by Gasteiger charge is -2.40. The summed E-state index contributed by atoms with van der Waals surface area (Å²) in [7, 11) is 0. The lowest BCUT2D eigenvalue weighted by Crippen LogP contribution is -2.45. The molecule has 2 N–H and O–H groups in total. The van der Waals surface area contributed by atoms with Crippen LogP contribution in [0.25, 0.3) is 0 Å². The number of benzene rings is 1. The summed E-state index contributed by atoms with van der Waals surface area (Å²) in [6.07, 6.45) is 6.03. The molecule has 0 atom stereocenters. The number of anilines is 2. The Labute approximate surface area is 177 Å². The van der Waals surface area contributed by atoms with Crippen molar-refractivity contribution in [2.75, 3.05) is 29.9 Å². The summed E-state index contributed by atoms with van der Waals surface area (Å²) in [4.78, 5) is 22.6. The van der Waals surface area contributed by atoms with E-state index < -0.39 is 0 Å². The highest BCUT2D eigenvalue weighted by atomic mass is 127. The van der Waals surface area contributed by atoms with Crippen molar-refractivity contribution in [2.45, 2.75) is 43.9 Å². The second-order valence-electron chi connectivity index (χ2n) is 7.92. The van der Waals surface area contributed by atoms with Crippen molar-refractivity contribution in [2.24, 2.45) is 0 Å². The minimum Gasteiger partial charge on any atom is -0.383 e. The topological polar surface area (TPSA) is 61.0 Å². The summed E-state index contributed by atoms with van der Waals surface area (Å²) in [6.45, 7) is 2.69. The summed E-state index contributed by atoms with van der Waals surface area (Å²) in [6, 6.07) is 4.09. The molecule has 1 aromatic heterocycles. The van der Waals surface area contributed by atoms with Crippen molar-refractivity contribution >= 4 is 45.8 Å². The summed E-state index contributed by atoms with van der Waals surface area (Å²) in [5, 5.41) is 4.46. The van der Waals surface area contributed by atoms with Gasteiger partial charge in [-0.2, -0.15) is 0 Å². The highest BCUT2D eigenvalue weighted by Crippen LogP contribution is 2.49. The van der Waals surface area contributed by atoms with E-state index in [-0.39, 0.29) is 11.0 Å². The fourth-order valence-electron chi connectivity index (χ4n) is 4.90. The van der Waals surface area contributed by atoms with Crippen LogP contribution < -0.4 is 15.8 Å². The van der Waals surface area contributed by atoms with Crippen LogP contribution in [0.4, 0.5) is 11.6 Å². The molecular formula is C20H22ClIN4O. The van der Waals surface area contributed by atoms with Crippen molar-refractivity contribution < 1.29 is 0 Å². The van der Waals surface area contributed by atoms with Crippen LogP contribution in [-0.2, 0) is 18.3 Å². The maximum absolute atomic E-state index is 12.5. The zero-order valence-electron chi connectivity index (χ0n) is 15.1. The van der Waals surface area contributed by atoms with Gasteiger partial charge in [0, 0.05) is 44.8 Å². The van der Waals surface area contributed by atoms with Gasteiger partial charge in [-0.05, 0) is 73.2 Å². The van der Waals surface area contributed by atoms with Gasteiger partial charge in [-0.25, -0.2) is 4.98 Å². The van der Waals surface area contributed by atoms with E-state index >= 15 is 0 Å². The first kappa shape index (κ1) is 17.8. The van der Waals surface area contributed by atoms with Crippen LogP contribution in [0, 0.1) is 3.57 Å². The van der Waals surface area contributed by atoms with E-state index in [0.717, 1.165) is 80.4 Å². The third-order valence-electron chi connectivity index (χ3n) is 6.44. The van der Waals surface area contributed by atoms with Gasteiger partial charge in [-0.15, -0.1) is 0 Å². The van der Waals surface area contributed by atoms with Crippen LogP contribution in [0.15, 0.2) is 16.9 Å². The molecule has 3 heterocycles. The maximum atomic E-state index is 12.5. The number of hydrogen-bond acceptors (Lipinski definition) is 4. The fraction of sp³-hybridized carbons (Fsp3) is 0.500. The molecule has 0 saturated carbocycles. The van der Waals surface area contributed by atoms with Crippen molar-refractivity contribution in [3.63, 3.8) is 0 Å². The first-order valence-electron chi connectivity index (χ1n) is 9.67. The first-order valence-corrected chi connectivity index (χ1v) is 11.1. The largest absolute Gasteiger partial charge is 0.383 e. The molecule has 5 nitrogen and oxygen atoms in total. The van der Waals surface area contributed by atoms with Gasteiger partial charge in [0.2, 0.25) is 5.95 Å². The molecule has 27 heavy (non-hydrogen) atoms. The van der Waals surface area contributed by atoms with Gasteiger partial charge in [0.1, 0.15) is 0 Å². The predicted molar refractivity (Wildman–Crippen MR) is 117 cm³/mol. The van der Waals surface area contributed by atoms with Gasteiger partial charge in [0.25, 0.3) is 5.56 Å².